The van der Waals surface area contributed by atoms with Crippen LogP contribution in [0.3, 0.4) is 0 Å². The Morgan fingerprint density at radius 3 is 2.62 bits per heavy atom. The molecular formula is C22H22ClFN4O4. The van der Waals surface area contributed by atoms with Gasteiger partial charge in [-0.25, -0.2) is 0 Å². The zero-order chi connectivity index (χ0) is 22.8. The van der Waals surface area contributed by atoms with Crippen molar-refractivity contribution in [3.63, 3.8) is 0 Å². The lowest BCUT2D eigenvalue weighted by atomic mass is 10.1. The van der Waals surface area contributed by atoms with Gasteiger partial charge in [0.1, 0.15) is 0 Å². The number of carbonyl (C=O) groups is 2. The number of hydrogen-bond donors (Lipinski definition) is 1. The van der Waals surface area contributed by atoms with Gasteiger partial charge in [0.25, 0.3) is 0 Å². The summed E-state index contributed by atoms with van der Waals surface area (Å²) in [5, 5.41) is 14.4. The summed E-state index contributed by atoms with van der Waals surface area (Å²) in [6.45, 7) is 1.83. The summed E-state index contributed by atoms with van der Waals surface area (Å²) in [5.41, 5.74) is 0.953. The number of hydrogen-bond acceptors (Lipinski definition) is 5. The van der Waals surface area contributed by atoms with Gasteiger partial charge in [0.2, 0.25) is 17.6 Å². The van der Waals surface area contributed by atoms with E-state index in [0.29, 0.717) is 10.7 Å². The Hall–Kier alpha value is -3.20. The number of benzene rings is 2. The number of anilines is 3. The van der Waals surface area contributed by atoms with Crippen LogP contribution in [0, 0.1) is 21.8 Å². The van der Waals surface area contributed by atoms with Gasteiger partial charge >= 0.3 is 5.69 Å². The minimum Gasteiger partial charge on any atom is -0.370 e. The Morgan fingerprint density at radius 1 is 1.16 bits per heavy atom. The first-order valence-electron chi connectivity index (χ1n) is 10.4. The summed E-state index contributed by atoms with van der Waals surface area (Å²) in [4.78, 5) is 39.2. The summed E-state index contributed by atoms with van der Waals surface area (Å²) >= 11 is 6.16. The average Bonchev–Trinajstić information content (AvgIpc) is 3.16. The van der Waals surface area contributed by atoms with Crippen LogP contribution in [-0.4, -0.2) is 36.4 Å². The third kappa shape index (κ3) is 4.52. The minimum absolute atomic E-state index is 0.0450. The van der Waals surface area contributed by atoms with E-state index < -0.39 is 22.3 Å². The van der Waals surface area contributed by atoms with Crippen LogP contribution in [0.25, 0.3) is 0 Å². The molecule has 0 saturated carbocycles. The standard InChI is InChI=1S/C22H22ClFN4O4/c23-15-4-7-19(26-8-2-1-3-9-26)18(11-15)25-22(30)14-10-21(29)27(13-14)16-5-6-17(24)20(12-16)28(31)32/h4-7,11-12,14H,1-3,8-10,13H2,(H,25,30). The van der Waals surface area contributed by atoms with Crippen LogP contribution in [0.1, 0.15) is 25.7 Å². The van der Waals surface area contributed by atoms with Crippen LogP contribution in [0.2, 0.25) is 5.02 Å². The zero-order valence-electron chi connectivity index (χ0n) is 17.2. The number of nitrogens with one attached hydrogen (secondary N) is 1. The van der Waals surface area contributed by atoms with Gasteiger partial charge in [0.15, 0.2) is 0 Å². The van der Waals surface area contributed by atoms with E-state index in [1.807, 2.05) is 6.07 Å². The molecule has 2 fully saturated rings. The molecule has 168 valence electrons. The predicted octanol–water partition coefficient (Wildman–Crippen LogP) is 4.37. The number of halogens is 2. The molecule has 0 aliphatic carbocycles. The molecule has 8 nitrogen and oxygen atoms in total. The van der Waals surface area contributed by atoms with Crippen LogP contribution in [-0.2, 0) is 9.59 Å². The van der Waals surface area contributed by atoms with E-state index in [4.69, 9.17) is 11.6 Å². The van der Waals surface area contributed by atoms with Crippen molar-refractivity contribution in [2.45, 2.75) is 25.7 Å². The van der Waals surface area contributed by atoms with E-state index in [0.717, 1.165) is 43.8 Å². The van der Waals surface area contributed by atoms with Crippen molar-refractivity contribution in [2.75, 3.05) is 34.8 Å². The lowest BCUT2D eigenvalue weighted by molar-refractivity contribution is -0.387. The molecular weight excluding hydrogens is 439 g/mol. The zero-order valence-corrected chi connectivity index (χ0v) is 18.0. The fourth-order valence-corrected chi connectivity index (χ4v) is 4.37. The normalized spacial score (nSPS) is 18.7. The van der Waals surface area contributed by atoms with E-state index >= 15 is 0 Å². The maximum Gasteiger partial charge on any atom is 0.306 e. The van der Waals surface area contributed by atoms with Gasteiger partial charge in [-0.3, -0.25) is 19.7 Å². The van der Waals surface area contributed by atoms with Gasteiger partial charge in [0.05, 0.1) is 27.9 Å². The van der Waals surface area contributed by atoms with Gasteiger partial charge in [-0.05, 0) is 49.6 Å². The molecule has 2 aromatic rings. The first-order valence-corrected chi connectivity index (χ1v) is 10.8. The molecule has 2 aliphatic rings. The monoisotopic (exact) mass is 460 g/mol. The van der Waals surface area contributed by atoms with Gasteiger partial charge in [-0.2, -0.15) is 4.39 Å². The quantitative estimate of drug-likeness (QED) is 0.528. The second kappa shape index (κ2) is 9.12. The highest BCUT2D eigenvalue weighted by Crippen LogP contribution is 2.33. The van der Waals surface area contributed by atoms with Crippen molar-refractivity contribution >= 4 is 46.2 Å². The molecule has 0 spiro atoms. The number of rotatable bonds is 5. The van der Waals surface area contributed by atoms with Crippen molar-refractivity contribution in [2.24, 2.45) is 5.92 Å². The molecule has 2 heterocycles. The largest absolute Gasteiger partial charge is 0.370 e. The smallest absolute Gasteiger partial charge is 0.306 e. The van der Waals surface area contributed by atoms with E-state index in [-0.39, 0.29) is 30.5 Å². The summed E-state index contributed by atoms with van der Waals surface area (Å²) in [6.07, 6.45) is 3.28. The molecule has 2 amide bonds. The predicted molar refractivity (Wildman–Crippen MR) is 120 cm³/mol. The SMILES string of the molecule is O=C(Nc1cc(Cl)ccc1N1CCCCC1)C1CC(=O)N(c2ccc(F)c([N+](=O)[O-])c2)C1. The Balaban J connectivity index is 1.51. The highest BCUT2D eigenvalue weighted by Gasteiger charge is 2.36. The number of nitrogens with zero attached hydrogens (tertiary/aromatic N) is 3. The molecule has 4 rings (SSSR count). The Morgan fingerprint density at radius 2 is 1.91 bits per heavy atom. The second-order valence-corrected chi connectivity index (χ2v) is 8.43. The number of nitro benzene ring substituents is 1. The van der Waals surface area contributed by atoms with Gasteiger partial charge in [-0.1, -0.05) is 11.6 Å². The number of nitro groups is 1. The molecule has 0 aromatic heterocycles. The number of carbonyl (C=O) groups excluding carboxylic acids is 2. The molecule has 2 aromatic carbocycles. The third-order valence-electron chi connectivity index (χ3n) is 5.85. The minimum atomic E-state index is -0.981. The van der Waals surface area contributed by atoms with Gasteiger partial charge in [-0.15, -0.1) is 0 Å². The summed E-state index contributed by atoms with van der Waals surface area (Å²) < 4.78 is 13.7. The maximum atomic E-state index is 13.7. The fraction of sp³-hybridized carbons (Fsp3) is 0.364. The van der Waals surface area contributed by atoms with Gasteiger partial charge < -0.3 is 15.1 Å². The highest BCUT2D eigenvalue weighted by atomic mass is 35.5. The summed E-state index contributed by atoms with van der Waals surface area (Å²) in [7, 11) is 0. The summed E-state index contributed by atoms with van der Waals surface area (Å²) in [6, 6.07) is 8.62. The molecule has 10 heteroatoms. The molecule has 32 heavy (non-hydrogen) atoms. The van der Waals surface area contributed by atoms with Crippen molar-refractivity contribution in [3.8, 4) is 0 Å². The van der Waals surface area contributed by atoms with E-state index in [1.54, 1.807) is 12.1 Å². The van der Waals surface area contributed by atoms with Crippen LogP contribution >= 0.6 is 11.6 Å². The van der Waals surface area contributed by atoms with Crippen LogP contribution < -0.4 is 15.1 Å². The van der Waals surface area contributed by atoms with Gasteiger partial charge in [0, 0.05) is 37.1 Å². The summed E-state index contributed by atoms with van der Waals surface area (Å²) in [5.74, 6) is -2.32. The molecule has 1 N–H and O–H groups in total. The highest BCUT2D eigenvalue weighted by molar-refractivity contribution is 6.31. The van der Waals surface area contributed by atoms with E-state index in [1.165, 1.54) is 17.4 Å². The molecule has 0 bridgehead atoms. The van der Waals surface area contributed by atoms with Crippen molar-refractivity contribution in [1.82, 2.24) is 0 Å². The maximum absolute atomic E-state index is 13.7. The Bertz CT molecular complexity index is 1070. The molecule has 0 radical (unpaired) electrons. The molecule has 1 atom stereocenters. The third-order valence-corrected chi connectivity index (χ3v) is 6.08. The van der Waals surface area contributed by atoms with Crippen LogP contribution in [0.4, 0.5) is 27.1 Å². The Kier molecular flexibility index (Phi) is 6.27. The van der Waals surface area contributed by atoms with Crippen molar-refractivity contribution in [1.29, 1.82) is 0 Å². The molecule has 2 saturated heterocycles. The van der Waals surface area contributed by atoms with E-state index in [9.17, 15) is 24.1 Å². The van der Waals surface area contributed by atoms with Crippen molar-refractivity contribution < 1.29 is 18.9 Å². The number of amides is 2. The average molecular weight is 461 g/mol. The van der Waals surface area contributed by atoms with Crippen molar-refractivity contribution in [3.05, 3.63) is 57.4 Å². The lowest BCUT2D eigenvalue weighted by Gasteiger charge is -2.31. The molecule has 2 aliphatic heterocycles. The Labute approximate surface area is 189 Å². The fourth-order valence-electron chi connectivity index (χ4n) is 4.20. The topological polar surface area (TPSA) is 95.8 Å². The van der Waals surface area contributed by atoms with Crippen LogP contribution in [0.15, 0.2) is 36.4 Å². The van der Waals surface area contributed by atoms with E-state index in [2.05, 4.69) is 10.2 Å². The number of piperidine rings is 1. The lowest BCUT2D eigenvalue weighted by Crippen LogP contribution is -2.31. The second-order valence-electron chi connectivity index (χ2n) is 8.00. The van der Waals surface area contributed by atoms with Crippen LogP contribution in [0.5, 0.6) is 0 Å². The first kappa shape index (κ1) is 22.0. The molecule has 1 unspecified atom stereocenters. The first-order chi connectivity index (χ1) is 15.3.